The number of aromatic nitrogens is 1. The minimum atomic E-state index is -0.410. The van der Waals surface area contributed by atoms with Gasteiger partial charge in [0.05, 0.1) is 31.4 Å². The lowest BCUT2D eigenvalue weighted by Crippen LogP contribution is -2.38. The van der Waals surface area contributed by atoms with Gasteiger partial charge in [0.15, 0.2) is 0 Å². The van der Waals surface area contributed by atoms with E-state index in [2.05, 4.69) is 14.8 Å². The number of carbonyl (C=O) groups is 1. The fourth-order valence-corrected chi connectivity index (χ4v) is 3.73. The van der Waals surface area contributed by atoms with Gasteiger partial charge in [0, 0.05) is 49.4 Å². The summed E-state index contributed by atoms with van der Waals surface area (Å²) >= 11 is 0. The molecule has 1 amide bonds. The number of methoxy groups -OCH3 is 1. The van der Waals surface area contributed by atoms with E-state index in [1.165, 1.54) is 19.2 Å². The number of halogens is 1. The van der Waals surface area contributed by atoms with Crippen LogP contribution in [-0.2, 0) is 11.3 Å². The van der Waals surface area contributed by atoms with Gasteiger partial charge in [-0.15, -0.1) is 0 Å². The number of rotatable bonds is 7. The minimum Gasteiger partial charge on any atom is -0.494 e. The number of amides is 1. The van der Waals surface area contributed by atoms with Crippen molar-refractivity contribution in [2.75, 3.05) is 40.0 Å². The molecule has 0 spiro atoms. The third-order valence-electron chi connectivity index (χ3n) is 5.53. The molecule has 0 aliphatic carbocycles. The molecule has 7 heteroatoms. The third-order valence-corrected chi connectivity index (χ3v) is 5.53. The highest BCUT2D eigenvalue weighted by molar-refractivity contribution is 6.09. The van der Waals surface area contributed by atoms with Gasteiger partial charge < -0.3 is 19.4 Å². The lowest BCUT2D eigenvalue weighted by Gasteiger charge is -2.27. The van der Waals surface area contributed by atoms with Crippen LogP contribution in [0.4, 0.5) is 4.39 Å². The Hall–Kier alpha value is -2.12. The molecule has 1 aromatic heterocycles. The van der Waals surface area contributed by atoms with Crippen LogP contribution in [0.2, 0.25) is 0 Å². The number of morpholine rings is 1. The average Bonchev–Trinajstić information content (AvgIpc) is 2.97. The van der Waals surface area contributed by atoms with Gasteiger partial charge in [0.25, 0.3) is 5.91 Å². The maximum Gasteiger partial charge on any atom is 0.253 e. The van der Waals surface area contributed by atoms with E-state index >= 15 is 0 Å². The summed E-state index contributed by atoms with van der Waals surface area (Å²) in [5.41, 5.74) is 2.12. The molecule has 1 aliphatic heterocycles. The van der Waals surface area contributed by atoms with Crippen LogP contribution in [0.5, 0.6) is 5.75 Å². The Balaban J connectivity index is 2.03. The summed E-state index contributed by atoms with van der Waals surface area (Å²) in [7, 11) is 1.53. The van der Waals surface area contributed by atoms with Crippen LogP contribution in [-0.4, -0.2) is 61.4 Å². The van der Waals surface area contributed by atoms with Crippen LogP contribution in [0.25, 0.3) is 10.9 Å². The van der Waals surface area contributed by atoms with Crippen molar-refractivity contribution in [3.63, 3.8) is 0 Å². The minimum absolute atomic E-state index is 0.0501. The summed E-state index contributed by atoms with van der Waals surface area (Å²) < 4.78 is 27.2. The first-order valence-corrected chi connectivity index (χ1v) is 9.93. The summed E-state index contributed by atoms with van der Waals surface area (Å²) in [5, 5.41) is 3.61. The van der Waals surface area contributed by atoms with Gasteiger partial charge in [0.1, 0.15) is 11.6 Å². The molecule has 1 saturated heterocycles. The second-order valence-electron chi connectivity index (χ2n) is 7.35. The Morgan fingerprint density at radius 2 is 2.04 bits per heavy atom. The molecule has 154 valence electrons. The van der Waals surface area contributed by atoms with Crippen molar-refractivity contribution < 1.29 is 18.7 Å². The molecule has 6 nitrogen and oxygen atoms in total. The molecule has 2 heterocycles. The van der Waals surface area contributed by atoms with E-state index < -0.39 is 5.82 Å². The van der Waals surface area contributed by atoms with Crippen molar-refractivity contribution >= 4 is 16.8 Å². The molecule has 1 aromatic carbocycles. The van der Waals surface area contributed by atoms with Crippen molar-refractivity contribution in [2.24, 2.45) is 0 Å². The smallest absolute Gasteiger partial charge is 0.253 e. The normalized spacial score (nSPS) is 16.3. The second kappa shape index (κ2) is 8.92. The number of fused-ring (bicyclic) bond motifs is 1. The zero-order chi connectivity index (χ0) is 20.3. The quantitative estimate of drug-likeness (QED) is 0.789. The van der Waals surface area contributed by atoms with Crippen LogP contribution < -0.4 is 10.1 Å². The van der Waals surface area contributed by atoms with E-state index in [0.29, 0.717) is 23.2 Å². The van der Waals surface area contributed by atoms with E-state index in [1.807, 2.05) is 20.8 Å². The van der Waals surface area contributed by atoms with Gasteiger partial charge in [-0.05, 0) is 26.3 Å². The van der Waals surface area contributed by atoms with Crippen molar-refractivity contribution in [3.8, 4) is 5.75 Å². The molecule has 28 heavy (non-hydrogen) atoms. The molecule has 3 rings (SSSR count). The highest BCUT2D eigenvalue weighted by Gasteiger charge is 2.24. The fourth-order valence-electron chi connectivity index (χ4n) is 3.73. The number of ether oxygens (including phenoxy) is 2. The van der Waals surface area contributed by atoms with Crippen molar-refractivity contribution in [1.29, 1.82) is 0 Å². The molecule has 0 radical (unpaired) electrons. The largest absolute Gasteiger partial charge is 0.494 e. The number of nitrogens with one attached hydrogen (secondary N) is 1. The Bertz CT molecular complexity index is 843. The van der Waals surface area contributed by atoms with E-state index in [1.54, 1.807) is 0 Å². The molecule has 1 atom stereocenters. The standard InChI is InChI=1S/C21H30FN3O3/c1-5-14(2)23-21(26)19-15(3)25(7-6-24-8-10-28-11-9-24)20-17(19)12-16(22)13-18(20)27-4/h12-14H,5-11H2,1-4H3,(H,23,26). The Kier molecular flexibility index (Phi) is 6.57. The molecule has 0 bridgehead atoms. The number of carbonyl (C=O) groups excluding carboxylic acids is 1. The SMILES string of the molecule is CCC(C)NC(=O)c1c(C)n(CCN2CCOCC2)c2c(OC)cc(F)cc12. The summed E-state index contributed by atoms with van der Waals surface area (Å²) in [4.78, 5) is 15.3. The van der Waals surface area contributed by atoms with Crippen molar-refractivity contribution in [2.45, 2.75) is 39.8 Å². The highest BCUT2D eigenvalue weighted by atomic mass is 19.1. The summed E-state index contributed by atoms with van der Waals surface area (Å²) in [6.45, 7) is 10.7. The first-order chi connectivity index (χ1) is 13.5. The van der Waals surface area contributed by atoms with Crippen molar-refractivity contribution in [1.82, 2.24) is 14.8 Å². The average molecular weight is 391 g/mol. The maximum absolute atomic E-state index is 14.2. The predicted molar refractivity (Wildman–Crippen MR) is 108 cm³/mol. The maximum atomic E-state index is 14.2. The molecule has 1 unspecified atom stereocenters. The number of hydrogen-bond acceptors (Lipinski definition) is 4. The van der Waals surface area contributed by atoms with Crippen molar-refractivity contribution in [3.05, 3.63) is 29.2 Å². The van der Waals surface area contributed by atoms with Crippen LogP contribution in [0.15, 0.2) is 12.1 Å². The van der Waals surface area contributed by atoms with Gasteiger partial charge in [-0.25, -0.2) is 4.39 Å². The number of hydrogen-bond donors (Lipinski definition) is 1. The lowest BCUT2D eigenvalue weighted by molar-refractivity contribution is 0.0365. The predicted octanol–water partition coefficient (Wildman–Crippen LogP) is 2.96. The topological polar surface area (TPSA) is 55.7 Å². The molecule has 1 fully saturated rings. The summed E-state index contributed by atoms with van der Waals surface area (Å²) in [5.74, 6) is -0.135. The van der Waals surface area contributed by atoms with Gasteiger partial charge in [-0.2, -0.15) is 0 Å². The van der Waals surface area contributed by atoms with Crippen LogP contribution >= 0.6 is 0 Å². The molecule has 0 saturated carbocycles. The number of benzene rings is 1. The number of nitrogens with zero attached hydrogens (tertiary/aromatic N) is 2. The monoisotopic (exact) mass is 391 g/mol. The molecular formula is C21H30FN3O3. The van der Waals surface area contributed by atoms with Gasteiger partial charge in [0.2, 0.25) is 0 Å². The molecule has 1 aliphatic rings. The van der Waals surface area contributed by atoms with Crippen LogP contribution in [0, 0.1) is 12.7 Å². The first-order valence-electron chi connectivity index (χ1n) is 9.93. The van der Waals surface area contributed by atoms with E-state index in [4.69, 9.17) is 9.47 Å². The van der Waals surface area contributed by atoms with E-state index in [-0.39, 0.29) is 11.9 Å². The molecule has 1 N–H and O–H groups in total. The first kappa shape index (κ1) is 20.6. The Morgan fingerprint density at radius 3 is 2.68 bits per heavy atom. The van der Waals surface area contributed by atoms with E-state index in [9.17, 15) is 9.18 Å². The van der Waals surface area contributed by atoms with Gasteiger partial charge in [-0.1, -0.05) is 6.92 Å². The lowest BCUT2D eigenvalue weighted by atomic mass is 10.1. The molecule has 2 aromatic rings. The van der Waals surface area contributed by atoms with Gasteiger partial charge in [-0.3, -0.25) is 9.69 Å². The van der Waals surface area contributed by atoms with E-state index in [0.717, 1.165) is 50.5 Å². The van der Waals surface area contributed by atoms with Gasteiger partial charge >= 0.3 is 0 Å². The second-order valence-corrected chi connectivity index (χ2v) is 7.35. The fraction of sp³-hybridized carbons (Fsp3) is 0.571. The Labute approximate surface area is 165 Å². The summed E-state index contributed by atoms with van der Waals surface area (Å²) in [6.07, 6.45) is 0.831. The van der Waals surface area contributed by atoms with Crippen LogP contribution in [0.3, 0.4) is 0 Å². The van der Waals surface area contributed by atoms with Crippen LogP contribution in [0.1, 0.15) is 36.3 Å². The zero-order valence-electron chi connectivity index (χ0n) is 17.2. The summed E-state index contributed by atoms with van der Waals surface area (Å²) in [6, 6.07) is 2.86. The third kappa shape index (κ3) is 4.15. The highest BCUT2D eigenvalue weighted by Crippen LogP contribution is 2.34. The molecular weight excluding hydrogens is 361 g/mol. The zero-order valence-corrected chi connectivity index (χ0v) is 17.2. The Morgan fingerprint density at radius 1 is 1.32 bits per heavy atom.